The lowest BCUT2D eigenvalue weighted by atomic mass is 10.2. The third-order valence-electron chi connectivity index (χ3n) is 3.04. The second-order valence-corrected chi connectivity index (χ2v) is 5.10. The molecule has 3 rings (SSSR count). The summed E-state index contributed by atoms with van der Waals surface area (Å²) in [7, 11) is 0. The predicted molar refractivity (Wildman–Crippen MR) is 108 cm³/mol. The molecule has 2 aromatic carbocycles. The SMILES string of the molecule is CC.O.O.Sc1ccccc1CNc1ccnc(Oc2ccccc2)n1. The first-order valence-corrected chi connectivity index (χ1v) is 8.33. The minimum absolute atomic E-state index is 0. The maximum Gasteiger partial charge on any atom is 0.323 e. The van der Waals surface area contributed by atoms with E-state index in [2.05, 4.69) is 27.9 Å². The Hall–Kier alpha value is -2.61. The molecule has 0 bridgehead atoms. The fourth-order valence-electron chi connectivity index (χ4n) is 1.93. The van der Waals surface area contributed by atoms with Crippen LogP contribution in [0.3, 0.4) is 0 Å². The molecule has 5 N–H and O–H groups in total. The maximum absolute atomic E-state index is 5.62. The normalized spacial score (nSPS) is 8.88. The fraction of sp³-hybridized carbons (Fsp3) is 0.158. The molecule has 26 heavy (non-hydrogen) atoms. The largest absolute Gasteiger partial charge is 0.424 e. The Kier molecular flexibility index (Phi) is 11.4. The smallest absolute Gasteiger partial charge is 0.323 e. The zero-order chi connectivity index (χ0) is 17.2. The molecule has 0 aliphatic rings. The second kappa shape index (κ2) is 12.7. The summed E-state index contributed by atoms with van der Waals surface area (Å²) in [5, 5.41) is 3.25. The lowest BCUT2D eigenvalue weighted by molar-refractivity contribution is 0.442. The van der Waals surface area contributed by atoms with Crippen LogP contribution in [0.2, 0.25) is 0 Å². The monoisotopic (exact) mass is 375 g/mol. The van der Waals surface area contributed by atoms with E-state index in [9.17, 15) is 0 Å². The number of aromatic nitrogens is 2. The summed E-state index contributed by atoms with van der Waals surface area (Å²) in [5.74, 6) is 1.41. The minimum Gasteiger partial charge on any atom is -0.424 e. The van der Waals surface area contributed by atoms with Crippen molar-refractivity contribution in [3.63, 3.8) is 0 Å². The van der Waals surface area contributed by atoms with Crippen molar-refractivity contribution in [2.45, 2.75) is 25.3 Å². The van der Waals surface area contributed by atoms with Crippen molar-refractivity contribution in [1.82, 2.24) is 9.97 Å². The van der Waals surface area contributed by atoms with E-state index < -0.39 is 0 Å². The van der Waals surface area contributed by atoms with Crippen LogP contribution in [0.25, 0.3) is 0 Å². The summed E-state index contributed by atoms with van der Waals surface area (Å²) in [6.07, 6.45) is 1.67. The lowest BCUT2D eigenvalue weighted by Gasteiger charge is -2.09. The molecule has 0 fully saturated rings. The molecule has 3 aromatic rings. The molecule has 1 heterocycles. The van der Waals surface area contributed by atoms with Crippen molar-refractivity contribution in [1.29, 1.82) is 0 Å². The van der Waals surface area contributed by atoms with Crippen LogP contribution in [0, 0.1) is 0 Å². The van der Waals surface area contributed by atoms with Crippen LogP contribution in [0.4, 0.5) is 5.82 Å². The zero-order valence-corrected chi connectivity index (χ0v) is 15.7. The molecule has 0 aliphatic carbocycles. The number of hydrogen-bond donors (Lipinski definition) is 2. The summed E-state index contributed by atoms with van der Waals surface area (Å²) in [4.78, 5) is 9.41. The molecule has 7 heteroatoms. The summed E-state index contributed by atoms with van der Waals surface area (Å²) in [6, 6.07) is 19.5. The number of nitrogens with zero attached hydrogens (tertiary/aromatic N) is 2. The van der Waals surface area contributed by atoms with Gasteiger partial charge in [0.1, 0.15) is 11.6 Å². The standard InChI is InChI=1S/C17H15N3OS.C2H6.2H2O/c22-15-9-5-4-6-13(15)12-19-16-10-11-18-17(20-16)21-14-7-2-1-3-8-14;1-2;;/h1-11,22H,12H2,(H,18,19,20);1-2H3;2*1H2. The van der Waals surface area contributed by atoms with Crippen molar-refractivity contribution in [2.24, 2.45) is 0 Å². The van der Waals surface area contributed by atoms with Crippen LogP contribution < -0.4 is 10.1 Å². The van der Waals surface area contributed by atoms with Crippen molar-refractivity contribution in [2.75, 3.05) is 5.32 Å². The molecule has 140 valence electrons. The van der Waals surface area contributed by atoms with Gasteiger partial charge in [0.05, 0.1) is 0 Å². The highest BCUT2D eigenvalue weighted by Crippen LogP contribution is 2.19. The Morgan fingerprint density at radius 3 is 2.27 bits per heavy atom. The summed E-state index contributed by atoms with van der Waals surface area (Å²) >= 11 is 4.43. The fourth-order valence-corrected chi connectivity index (χ4v) is 2.17. The quantitative estimate of drug-likeness (QED) is 0.664. The number of hydrogen-bond acceptors (Lipinski definition) is 5. The molecular weight excluding hydrogens is 350 g/mol. The number of rotatable bonds is 5. The van der Waals surface area contributed by atoms with Crippen LogP contribution in [0.5, 0.6) is 11.8 Å². The highest BCUT2D eigenvalue weighted by Gasteiger charge is 2.03. The summed E-state index contributed by atoms with van der Waals surface area (Å²) < 4.78 is 5.62. The summed E-state index contributed by atoms with van der Waals surface area (Å²) in [5.41, 5.74) is 1.11. The van der Waals surface area contributed by atoms with E-state index in [4.69, 9.17) is 4.74 Å². The van der Waals surface area contributed by atoms with E-state index in [-0.39, 0.29) is 11.0 Å². The van der Waals surface area contributed by atoms with Crippen molar-refractivity contribution >= 4 is 18.4 Å². The molecule has 0 saturated heterocycles. The van der Waals surface area contributed by atoms with Crippen molar-refractivity contribution in [3.05, 3.63) is 72.4 Å². The van der Waals surface area contributed by atoms with E-state index in [0.29, 0.717) is 24.1 Å². The van der Waals surface area contributed by atoms with E-state index in [1.165, 1.54) is 0 Å². The van der Waals surface area contributed by atoms with Gasteiger partial charge in [0.15, 0.2) is 0 Å². The topological polar surface area (TPSA) is 110 Å². The van der Waals surface area contributed by atoms with Crippen LogP contribution in [-0.2, 0) is 6.54 Å². The minimum atomic E-state index is 0. The lowest BCUT2D eigenvalue weighted by Crippen LogP contribution is -2.03. The first-order chi connectivity index (χ1) is 11.8. The predicted octanol–water partition coefficient (Wildman–Crippen LogP) is 3.55. The zero-order valence-electron chi connectivity index (χ0n) is 14.8. The van der Waals surface area contributed by atoms with Gasteiger partial charge >= 0.3 is 6.01 Å². The van der Waals surface area contributed by atoms with E-state index >= 15 is 0 Å². The van der Waals surface area contributed by atoms with Gasteiger partial charge in [-0.05, 0) is 29.8 Å². The van der Waals surface area contributed by atoms with Crippen molar-refractivity contribution in [3.8, 4) is 11.8 Å². The first kappa shape index (κ1) is 23.4. The highest BCUT2D eigenvalue weighted by molar-refractivity contribution is 7.80. The van der Waals surface area contributed by atoms with Crippen LogP contribution in [-0.4, -0.2) is 20.9 Å². The number of thiol groups is 1. The van der Waals surface area contributed by atoms with Gasteiger partial charge in [-0.1, -0.05) is 50.2 Å². The Balaban J connectivity index is 0.00000151. The van der Waals surface area contributed by atoms with Gasteiger partial charge in [-0.3, -0.25) is 0 Å². The Morgan fingerprint density at radius 2 is 1.58 bits per heavy atom. The Labute approximate surface area is 159 Å². The first-order valence-electron chi connectivity index (χ1n) is 7.88. The van der Waals surface area contributed by atoms with Gasteiger partial charge < -0.3 is 21.0 Å². The van der Waals surface area contributed by atoms with Gasteiger partial charge in [-0.15, -0.1) is 12.6 Å². The van der Waals surface area contributed by atoms with E-state index in [1.54, 1.807) is 12.3 Å². The molecule has 0 atom stereocenters. The number of ether oxygens (including phenoxy) is 1. The van der Waals surface area contributed by atoms with Crippen LogP contribution in [0.15, 0.2) is 71.8 Å². The number of benzene rings is 2. The van der Waals surface area contributed by atoms with E-state index in [1.807, 2.05) is 68.4 Å². The third kappa shape index (κ3) is 7.10. The maximum atomic E-state index is 5.62. The van der Waals surface area contributed by atoms with Gasteiger partial charge in [-0.25, -0.2) is 4.98 Å². The second-order valence-electron chi connectivity index (χ2n) is 4.62. The Morgan fingerprint density at radius 1 is 0.923 bits per heavy atom. The van der Waals surface area contributed by atoms with Gasteiger partial charge in [0.2, 0.25) is 0 Å². The van der Waals surface area contributed by atoms with E-state index in [0.717, 1.165) is 10.5 Å². The van der Waals surface area contributed by atoms with Crippen LogP contribution >= 0.6 is 12.6 Å². The number of nitrogens with one attached hydrogen (secondary N) is 1. The van der Waals surface area contributed by atoms with Crippen LogP contribution in [0.1, 0.15) is 19.4 Å². The molecule has 0 spiro atoms. The molecular formula is C19H25N3O3S. The van der Waals surface area contributed by atoms with Gasteiger partial charge in [0.25, 0.3) is 0 Å². The van der Waals surface area contributed by atoms with Gasteiger partial charge in [0, 0.05) is 17.6 Å². The average Bonchev–Trinajstić information content (AvgIpc) is 2.64. The number of para-hydroxylation sites is 1. The molecule has 0 radical (unpaired) electrons. The summed E-state index contributed by atoms with van der Waals surface area (Å²) in [6.45, 7) is 4.64. The highest BCUT2D eigenvalue weighted by atomic mass is 32.1. The molecule has 0 amide bonds. The molecule has 0 unspecified atom stereocenters. The molecule has 0 saturated carbocycles. The number of anilines is 1. The molecule has 0 aliphatic heterocycles. The molecule has 1 aromatic heterocycles. The van der Waals surface area contributed by atoms with Gasteiger partial charge in [-0.2, -0.15) is 4.98 Å². The third-order valence-corrected chi connectivity index (χ3v) is 3.47. The molecule has 6 nitrogen and oxygen atoms in total. The van der Waals surface area contributed by atoms with Crippen molar-refractivity contribution < 1.29 is 15.7 Å². The average molecular weight is 375 g/mol. The Bertz CT molecular complexity index is 758.